The number of amides is 1. The second kappa shape index (κ2) is 9.53. The molecule has 0 fully saturated rings. The second-order valence-electron chi connectivity index (χ2n) is 5.79. The molecule has 0 radical (unpaired) electrons. The summed E-state index contributed by atoms with van der Waals surface area (Å²) in [5.74, 6) is 0.513. The summed E-state index contributed by atoms with van der Waals surface area (Å²) in [4.78, 5) is 14.2. The molecule has 1 N–H and O–H groups in total. The van der Waals surface area contributed by atoms with Gasteiger partial charge in [0.1, 0.15) is 0 Å². The molecule has 4 nitrogen and oxygen atoms in total. The average Bonchev–Trinajstić information content (AvgIpc) is 2.45. The van der Waals surface area contributed by atoms with Crippen LogP contribution in [0.4, 0.5) is 0 Å². The van der Waals surface area contributed by atoms with E-state index in [-0.39, 0.29) is 11.9 Å². The van der Waals surface area contributed by atoms with Gasteiger partial charge in [-0.2, -0.15) is 0 Å². The lowest BCUT2D eigenvalue weighted by atomic mass is 10.1. The lowest BCUT2D eigenvalue weighted by molar-refractivity contribution is -0.123. The molecule has 1 aromatic carbocycles. The van der Waals surface area contributed by atoms with Crippen LogP contribution in [-0.2, 0) is 16.1 Å². The Labute approximate surface area is 128 Å². The number of nitrogens with zero attached hydrogens (tertiary/aromatic N) is 1. The van der Waals surface area contributed by atoms with Crippen molar-refractivity contribution in [2.24, 2.45) is 5.92 Å². The minimum absolute atomic E-state index is 0.0724. The normalized spacial score (nSPS) is 12.7. The molecule has 1 amide bonds. The van der Waals surface area contributed by atoms with E-state index in [0.717, 1.165) is 13.1 Å². The number of ether oxygens (including phenoxy) is 1. The highest BCUT2D eigenvalue weighted by atomic mass is 16.5. The van der Waals surface area contributed by atoms with Crippen LogP contribution >= 0.6 is 0 Å². The first-order valence-corrected chi connectivity index (χ1v) is 7.57. The molecular weight excluding hydrogens is 264 g/mol. The Morgan fingerprint density at radius 3 is 2.48 bits per heavy atom. The molecule has 0 heterocycles. The maximum Gasteiger partial charge on any atom is 0.234 e. The van der Waals surface area contributed by atoms with Crippen molar-refractivity contribution in [3.63, 3.8) is 0 Å². The van der Waals surface area contributed by atoms with E-state index in [1.54, 1.807) is 7.11 Å². The van der Waals surface area contributed by atoms with E-state index in [1.165, 1.54) is 5.56 Å². The largest absolute Gasteiger partial charge is 0.383 e. The topological polar surface area (TPSA) is 41.6 Å². The molecule has 0 saturated carbocycles. The number of hydrogen-bond acceptors (Lipinski definition) is 3. The minimum atomic E-state index is 0.0724. The Morgan fingerprint density at radius 2 is 1.90 bits per heavy atom. The molecule has 0 aromatic heterocycles. The second-order valence-corrected chi connectivity index (χ2v) is 5.79. The van der Waals surface area contributed by atoms with Crippen LogP contribution in [0, 0.1) is 5.92 Å². The number of benzene rings is 1. The third-order valence-electron chi connectivity index (χ3n) is 3.62. The van der Waals surface area contributed by atoms with E-state index in [0.29, 0.717) is 19.1 Å². The first kappa shape index (κ1) is 17.7. The third-order valence-corrected chi connectivity index (χ3v) is 3.62. The van der Waals surface area contributed by atoms with Gasteiger partial charge in [-0.25, -0.2) is 0 Å². The molecular formula is C17H28N2O2. The molecule has 0 aliphatic rings. The summed E-state index contributed by atoms with van der Waals surface area (Å²) in [7, 11) is 1.68. The summed E-state index contributed by atoms with van der Waals surface area (Å²) in [6, 6.07) is 10.4. The van der Waals surface area contributed by atoms with Gasteiger partial charge in [-0.1, -0.05) is 44.2 Å². The minimum Gasteiger partial charge on any atom is -0.383 e. The maximum atomic E-state index is 12.1. The van der Waals surface area contributed by atoms with Crippen LogP contribution in [0.25, 0.3) is 0 Å². The van der Waals surface area contributed by atoms with Crippen LogP contribution in [0.3, 0.4) is 0 Å². The van der Waals surface area contributed by atoms with Crippen molar-refractivity contribution in [2.75, 3.05) is 26.8 Å². The molecule has 118 valence electrons. The predicted molar refractivity (Wildman–Crippen MR) is 86.0 cm³/mol. The monoisotopic (exact) mass is 292 g/mol. The summed E-state index contributed by atoms with van der Waals surface area (Å²) in [5.41, 5.74) is 1.21. The van der Waals surface area contributed by atoms with Crippen LogP contribution in [0.1, 0.15) is 26.3 Å². The molecule has 0 aliphatic carbocycles. The molecule has 0 aliphatic heterocycles. The zero-order valence-electron chi connectivity index (χ0n) is 13.6. The summed E-state index contributed by atoms with van der Waals surface area (Å²) in [6.45, 7) is 8.78. The van der Waals surface area contributed by atoms with E-state index >= 15 is 0 Å². The van der Waals surface area contributed by atoms with Crippen molar-refractivity contribution >= 4 is 5.91 Å². The Bertz CT molecular complexity index is 407. The lowest BCUT2D eigenvalue weighted by Gasteiger charge is -2.24. The van der Waals surface area contributed by atoms with Crippen LogP contribution in [0.15, 0.2) is 30.3 Å². The van der Waals surface area contributed by atoms with Gasteiger partial charge in [0.05, 0.1) is 13.2 Å². The number of methoxy groups -OCH3 is 1. The van der Waals surface area contributed by atoms with E-state index in [4.69, 9.17) is 4.74 Å². The van der Waals surface area contributed by atoms with Gasteiger partial charge in [-0.3, -0.25) is 9.69 Å². The van der Waals surface area contributed by atoms with Gasteiger partial charge in [-0.05, 0) is 18.4 Å². The van der Waals surface area contributed by atoms with Gasteiger partial charge >= 0.3 is 0 Å². The van der Waals surface area contributed by atoms with Crippen molar-refractivity contribution < 1.29 is 9.53 Å². The number of carbonyl (C=O) groups excluding carboxylic acids is 1. The predicted octanol–water partition coefficient (Wildman–Crippen LogP) is 2.30. The molecule has 0 spiro atoms. The first-order chi connectivity index (χ1) is 10.0. The molecule has 1 unspecified atom stereocenters. The maximum absolute atomic E-state index is 12.1. The number of rotatable bonds is 9. The van der Waals surface area contributed by atoms with E-state index in [2.05, 4.69) is 36.2 Å². The lowest BCUT2D eigenvalue weighted by Crippen LogP contribution is -2.43. The molecule has 21 heavy (non-hydrogen) atoms. The van der Waals surface area contributed by atoms with Crippen LogP contribution in [0.2, 0.25) is 0 Å². The fourth-order valence-corrected chi connectivity index (χ4v) is 1.95. The molecule has 4 heteroatoms. The quantitative estimate of drug-likeness (QED) is 0.759. The standard InChI is InChI=1S/C17H28N2O2/c1-14(2)15(3)18-17(20)13-19(10-11-21-4)12-16-8-6-5-7-9-16/h5-9,14-15H,10-13H2,1-4H3,(H,18,20). The van der Waals surface area contributed by atoms with Gasteiger partial charge < -0.3 is 10.1 Å². The van der Waals surface area contributed by atoms with E-state index < -0.39 is 0 Å². The molecule has 1 rings (SSSR count). The van der Waals surface area contributed by atoms with Crippen molar-refractivity contribution in [1.82, 2.24) is 10.2 Å². The summed E-state index contributed by atoms with van der Waals surface area (Å²) < 4.78 is 5.14. The smallest absolute Gasteiger partial charge is 0.234 e. The molecule has 1 atom stereocenters. The first-order valence-electron chi connectivity index (χ1n) is 7.57. The number of hydrogen-bond donors (Lipinski definition) is 1. The summed E-state index contributed by atoms with van der Waals surface area (Å²) in [6.07, 6.45) is 0. The highest BCUT2D eigenvalue weighted by Gasteiger charge is 2.14. The van der Waals surface area contributed by atoms with E-state index in [9.17, 15) is 4.79 Å². The van der Waals surface area contributed by atoms with Gasteiger partial charge in [0.25, 0.3) is 0 Å². The molecule has 1 aromatic rings. The molecule has 0 bridgehead atoms. The van der Waals surface area contributed by atoms with Crippen molar-refractivity contribution in [3.05, 3.63) is 35.9 Å². The zero-order chi connectivity index (χ0) is 15.7. The van der Waals surface area contributed by atoms with Gasteiger partial charge in [0.15, 0.2) is 0 Å². The zero-order valence-corrected chi connectivity index (χ0v) is 13.6. The highest BCUT2D eigenvalue weighted by Crippen LogP contribution is 2.05. The number of carbonyl (C=O) groups is 1. The van der Waals surface area contributed by atoms with Crippen molar-refractivity contribution in [3.8, 4) is 0 Å². The Balaban J connectivity index is 2.55. The Morgan fingerprint density at radius 1 is 1.24 bits per heavy atom. The van der Waals surface area contributed by atoms with Gasteiger partial charge in [0.2, 0.25) is 5.91 Å². The van der Waals surface area contributed by atoms with Crippen molar-refractivity contribution in [1.29, 1.82) is 0 Å². The number of nitrogens with one attached hydrogen (secondary N) is 1. The highest BCUT2D eigenvalue weighted by molar-refractivity contribution is 5.78. The SMILES string of the molecule is COCCN(CC(=O)NC(C)C(C)C)Cc1ccccc1. The Hall–Kier alpha value is -1.39. The van der Waals surface area contributed by atoms with Crippen LogP contribution < -0.4 is 5.32 Å². The van der Waals surface area contributed by atoms with Crippen molar-refractivity contribution in [2.45, 2.75) is 33.4 Å². The summed E-state index contributed by atoms with van der Waals surface area (Å²) >= 11 is 0. The van der Waals surface area contributed by atoms with Crippen LogP contribution in [0.5, 0.6) is 0 Å². The fraction of sp³-hybridized carbons (Fsp3) is 0.588. The fourth-order valence-electron chi connectivity index (χ4n) is 1.95. The van der Waals surface area contributed by atoms with E-state index in [1.807, 2.05) is 25.1 Å². The van der Waals surface area contributed by atoms with Crippen LogP contribution in [-0.4, -0.2) is 43.7 Å². The average molecular weight is 292 g/mol. The summed E-state index contributed by atoms with van der Waals surface area (Å²) in [5, 5.41) is 3.05. The Kier molecular flexibility index (Phi) is 8.01. The van der Waals surface area contributed by atoms with Gasteiger partial charge in [0, 0.05) is 26.2 Å². The molecule has 0 saturated heterocycles. The van der Waals surface area contributed by atoms with Gasteiger partial charge in [-0.15, -0.1) is 0 Å². The third kappa shape index (κ3) is 7.25.